The Balaban J connectivity index is 1.25. The monoisotopic (exact) mass is 423 g/mol. The smallest absolute Gasteiger partial charge is 0.308 e. The number of benzene rings is 1. The van der Waals surface area contributed by atoms with Crippen molar-refractivity contribution >= 4 is 45.7 Å². The summed E-state index contributed by atoms with van der Waals surface area (Å²) in [5.41, 5.74) is 1.08. The number of imide groups is 1. The summed E-state index contributed by atoms with van der Waals surface area (Å²) < 4.78 is 0. The van der Waals surface area contributed by atoms with Crippen LogP contribution < -0.4 is 15.5 Å². The molecule has 0 radical (unpaired) electrons. The number of nitrogens with one attached hydrogen (secondary N) is 2. The Bertz CT molecular complexity index is 1030. The van der Waals surface area contributed by atoms with Gasteiger partial charge in [-0.1, -0.05) is 37.3 Å². The van der Waals surface area contributed by atoms with Crippen LogP contribution in [0, 0.1) is 23.7 Å². The fourth-order valence-electron chi connectivity index (χ4n) is 4.63. The van der Waals surface area contributed by atoms with E-state index in [0.717, 1.165) is 11.4 Å². The number of carbonyl (C=O) groups excluding carboxylic acids is 3. The number of aromatic nitrogens is 2. The molecule has 8 nitrogen and oxygen atoms in total. The van der Waals surface area contributed by atoms with Gasteiger partial charge in [0.15, 0.2) is 0 Å². The quantitative estimate of drug-likeness (QED) is 0.577. The lowest BCUT2D eigenvalue weighted by Gasteiger charge is -2.17. The first-order chi connectivity index (χ1) is 14.4. The van der Waals surface area contributed by atoms with Crippen LogP contribution in [0.5, 0.6) is 0 Å². The first kappa shape index (κ1) is 18.9. The van der Waals surface area contributed by atoms with Gasteiger partial charge in [-0.05, 0) is 42.5 Å². The molecular weight excluding hydrogens is 402 g/mol. The molecule has 0 spiro atoms. The number of urea groups is 1. The lowest BCUT2D eigenvalue weighted by molar-refractivity contribution is -0.123. The van der Waals surface area contributed by atoms with E-state index in [2.05, 4.69) is 33.0 Å². The van der Waals surface area contributed by atoms with Crippen molar-refractivity contribution in [3.63, 3.8) is 0 Å². The normalized spacial score (nSPS) is 26.6. The highest BCUT2D eigenvalue weighted by atomic mass is 32.1. The largest absolute Gasteiger partial charge is 0.325 e. The molecule has 5 rings (SSSR count). The Labute approximate surface area is 177 Å². The maximum atomic E-state index is 12.9. The molecule has 1 aromatic carbocycles. The minimum Gasteiger partial charge on any atom is -0.308 e. The number of anilines is 3. The van der Waals surface area contributed by atoms with Crippen molar-refractivity contribution in [2.75, 3.05) is 15.5 Å². The van der Waals surface area contributed by atoms with Gasteiger partial charge in [-0.2, -0.15) is 0 Å². The summed E-state index contributed by atoms with van der Waals surface area (Å²) in [5.74, 6) is -0.0621. The number of allylic oxidation sites excluding steroid dienone is 2. The van der Waals surface area contributed by atoms with Crippen LogP contribution in [0.15, 0.2) is 36.4 Å². The molecule has 2 aromatic rings. The molecule has 1 saturated carbocycles. The summed E-state index contributed by atoms with van der Waals surface area (Å²) in [5, 5.41) is 14.7. The Morgan fingerprint density at radius 2 is 1.67 bits per heavy atom. The molecule has 154 valence electrons. The summed E-state index contributed by atoms with van der Waals surface area (Å²) in [6.45, 7) is 4.02. The maximum absolute atomic E-state index is 12.9. The van der Waals surface area contributed by atoms with Gasteiger partial charge in [0.05, 0.1) is 17.5 Å². The van der Waals surface area contributed by atoms with Crippen molar-refractivity contribution in [2.45, 2.75) is 26.2 Å². The predicted octanol–water partition coefficient (Wildman–Crippen LogP) is 3.62. The van der Waals surface area contributed by atoms with Gasteiger partial charge in [0.2, 0.25) is 16.9 Å². The summed E-state index contributed by atoms with van der Waals surface area (Å²) in [7, 11) is 0. The number of hydrogen-bond acceptors (Lipinski definition) is 6. The highest BCUT2D eigenvalue weighted by molar-refractivity contribution is 7.15. The van der Waals surface area contributed by atoms with E-state index in [9.17, 15) is 14.4 Å². The highest BCUT2D eigenvalue weighted by Gasteiger charge is 2.59. The number of hydrogen-bond donors (Lipinski definition) is 2. The average Bonchev–Trinajstić information content (AvgIpc) is 3.47. The van der Waals surface area contributed by atoms with Crippen LogP contribution in [0.25, 0.3) is 0 Å². The van der Waals surface area contributed by atoms with E-state index in [1.807, 2.05) is 13.8 Å². The van der Waals surface area contributed by atoms with E-state index in [0.29, 0.717) is 16.5 Å². The van der Waals surface area contributed by atoms with Gasteiger partial charge in [-0.15, -0.1) is 10.2 Å². The van der Waals surface area contributed by atoms with Crippen molar-refractivity contribution in [3.05, 3.63) is 41.4 Å². The SMILES string of the molecule is CC(C)c1nnc(NC(=O)Nc2ccc(N3C(=O)C4C5C=CC(C5)C4C3=O)cc2)s1. The van der Waals surface area contributed by atoms with Gasteiger partial charge in [-0.3, -0.25) is 19.8 Å². The van der Waals surface area contributed by atoms with Gasteiger partial charge in [0.1, 0.15) is 5.01 Å². The molecule has 30 heavy (non-hydrogen) atoms. The van der Waals surface area contributed by atoms with Gasteiger partial charge in [0, 0.05) is 11.6 Å². The Hall–Kier alpha value is -3.07. The van der Waals surface area contributed by atoms with Crippen LogP contribution in [-0.2, 0) is 9.59 Å². The van der Waals surface area contributed by atoms with Gasteiger partial charge in [-0.25, -0.2) is 4.79 Å². The molecule has 2 aliphatic carbocycles. The van der Waals surface area contributed by atoms with E-state index < -0.39 is 6.03 Å². The third-order valence-electron chi connectivity index (χ3n) is 6.01. The molecule has 1 aromatic heterocycles. The van der Waals surface area contributed by atoms with E-state index >= 15 is 0 Å². The molecule has 2 bridgehead atoms. The van der Waals surface area contributed by atoms with E-state index in [4.69, 9.17) is 0 Å². The Morgan fingerprint density at radius 1 is 1.03 bits per heavy atom. The average molecular weight is 423 g/mol. The summed E-state index contributed by atoms with van der Waals surface area (Å²) >= 11 is 1.33. The number of fused-ring (bicyclic) bond motifs is 5. The van der Waals surface area contributed by atoms with Crippen molar-refractivity contribution < 1.29 is 14.4 Å². The summed E-state index contributed by atoms with van der Waals surface area (Å²) in [4.78, 5) is 39.3. The molecule has 1 saturated heterocycles. The molecule has 9 heteroatoms. The van der Waals surface area contributed by atoms with Crippen molar-refractivity contribution in [3.8, 4) is 0 Å². The Kier molecular flexibility index (Phi) is 4.43. The standard InChI is InChI=1S/C21H21N5O3S/c1-10(2)17-24-25-21(30-17)23-20(29)22-13-5-7-14(8-6-13)26-18(27)15-11-3-4-12(9-11)16(15)19(26)28/h3-8,10-12,15-16H,9H2,1-2H3,(H2,22,23,25,29). The third-order valence-corrected chi connectivity index (χ3v) is 7.15. The van der Waals surface area contributed by atoms with Crippen LogP contribution in [0.2, 0.25) is 0 Å². The molecule has 2 heterocycles. The molecule has 4 atom stereocenters. The van der Waals surface area contributed by atoms with Crippen LogP contribution in [-0.4, -0.2) is 28.0 Å². The molecule has 2 N–H and O–H groups in total. The molecule has 3 aliphatic rings. The molecule has 4 amide bonds. The number of carbonyl (C=O) groups is 3. The third kappa shape index (κ3) is 3.00. The van der Waals surface area contributed by atoms with Crippen LogP contribution >= 0.6 is 11.3 Å². The topological polar surface area (TPSA) is 104 Å². The van der Waals surface area contributed by atoms with Crippen molar-refractivity contribution in [1.82, 2.24) is 10.2 Å². The zero-order valence-corrected chi connectivity index (χ0v) is 17.3. The van der Waals surface area contributed by atoms with Crippen LogP contribution in [0.1, 0.15) is 31.2 Å². The second kappa shape index (κ2) is 7.02. The van der Waals surface area contributed by atoms with Gasteiger partial charge in [0.25, 0.3) is 0 Å². The maximum Gasteiger partial charge on any atom is 0.325 e. The zero-order chi connectivity index (χ0) is 21.0. The highest BCUT2D eigenvalue weighted by Crippen LogP contribution is 2.53. The Morgan fingerprint density at radius 3 is 2.23 bits per heavy atom. The fourth-order valence-corrected chi connectivity index (χ4v) is 5.37. The second-order valence-electron chi connectivity index (χ2n) is 8.24. The minimum absolute atomic E-state index is 0.113. The van der Waals surface area contributed by atoms with Crippen molar-refractivity contribution in [2.24, 2.45) is 23.7 Å². The number of rotatable bonds is 4. The summed E-state index contributed by atoms with van der Waals surface area (Å²) in [6, 6.07) is 6.29. The fraction of sp³-hybridized carbons (Fsp3) is 0.381. The predicted molar refractivity (Wildman–Crippen MR) is 113 cm³/mol. The molecule has 2 fully saturated rings. The van der Waals surface area contributed by atoms with E-state index in [-0.39, 0.29) is 41.4 Å². The number of amides is 4. The van der Waals surface area contributed by atoms with Crippen LogP contribution in [0.4, 0.5) is 21.3 Å². The van der Waals surface area contributed by atoms with Crippen LogP contribution in [0.3, 0.4) is 0 Å². The van der Waals surface area contributed by atoms with Gasteiger partial charge < -0.3 is 5.32 Å². The zero-order valence-electron chi connectivity index (χ0n) is 16.5. The second-order valence-corrected chi connectivity index (χ2v) is 9.25. The molecule has 1 aliphatic heterocycles. The van der Waals surface area contributed by atoms with Gasteiger partial charge >= 0.3 is 6.03 Å². The van der Waals surface area contributed by atoms with E-state index in [1.54, 1.807) is 24.3 Å². The first-order valence-electron chi connectivity index (χ1n) is 10.00. The lowest BCUT2D eigenvalue weighted by Crippen LogP contribution is -2.32. The first-order valence-corrected chi connectivity index (χ1v) is 10.8. The van der Waals surface area contributed by atoms with E-state index in [1.165, 1.54) is 16.2 Å². The summed E-state index contributed by atoms with van der Waals surface area (Å²) in [6.07, 6.45) is 5.06. The minimum atomic E-state index is -0.431. The molecular formula is C21H21N5O3S. The molecule has 4 unspecified atom stereocenters. The number of nitrogens with zero attached hydrogens (tertiary/aromatic N) is 3. The van der Waals surface area contributed by atoms with Crippen molar-refractivity contribution in [1.29, 1.82) is 0 Å². The lowest BCUT2D eigenvalue weighted by atomic mass is 9.85.